The Kier molecular flexibility index (Phi) is 7.93. The number of nitrogens with one attached hydrogen (secondary N) is 1. The first-order valence-corrected chi connectivity index (χ1v) is 14.6. The summed E-state index contributed by atoms with van der Waals surface area (Å²) >= 11 is 0.933. The van der Waals surface area contributed by atoms with Crippen molar-refractivity contribution in [2.45, 2.75) is 39.7 Å². The molecule has 1 saturated heterocycles. The number of fused-ring (bicyclic) bond motifs is 1. The third-order valence-corrected chi connectivity index (χ3v) is 8.06. The zero-order valence-corrected chi connectivity index (χ0v) is 25.5. The van der Waals surface area contributed by atoms with Crippen LogP contribution in [0.5, 0.6) is 17.2 Å². The summed E-state index contributed by atoms with van der Waals surface area (Å²) < 4.78 is 36.3. The van der Waals surface area contributed by atoms with Gasteiger partial charge in [0.25, 0.3) is 0 Å². The number of phenols is 3. The number of ether oxygens (including phenoxy) is 1. The summed E-state index contributed by atoms with van der Waals surface area (Å²) in [6, 6.07) is 3.64. The van der Waals surface area contributed by atoms with Gasteiger partial charge in [-0.25, -0.2) is 18.7 Å². The number of piperazine rings is 1. The summed E-state index contributed by atoms with van der Waals surface area (Å²) in [6.07, 6.45) is 1.32. The van der Waals surface area contributed by atoms with Crippen molar-refractivity contribution in [1.29, 1.82) is 5.26 Å². The van der Waals surface area contributed by atoms with E-state index in [4.69, 9.17) is 4.74 Å². The van der Waals surface area contributed by atoms with E-state index in [1.54, 1.807) is 31.7 Å². The summed E-state index contributed by atoms with van der Waals surface area (Å²) in [7, 11) is 1.32. The van der Waals surface area contributed by atoms with Gasteiger partial charge in [0.05, 0.1) is 28.8 Å². The van der Waals surface area contributed by atoms with Gasteiger partial charge in [-0.05, 0) is 38.7 Å². The van der Waals surface area contributed by atoms with E-state index in [9.17, 15) is 29.8 Å². The second kappa shape index (κ2) is 11.4. The lowest BCUT2D eigenvalue weighted by molar-refractivity contribution is 0.0240. The molecular weight excluding hydrogens is 595 g/mol. The summed E-state index contributed by atoms with van der Waals surface area (Å²) in [5.74, 6) is -4.77. The Labute approximate surface area is 256 Å². The molecule has 1 fully saturated rings. The molecule has 4 aromatic rings. The molecule has 12 nitrogen and oxygen atoms in total. The molecule has 1 amide bonds. The van der Waals surface area contributed by atoms with E-state index in [2.05, 4.69) is 15.4 Å². The molecule has 16 heteroatoms. The Bertz CT molecular complexity index is 1790. The maximum Gasteiger partial charge on any atom is 0.410 e. The van der Waals surface area contributed by atoms with Gasteiger partial charge in [0.15, 0.2) is 22.4 Å². The van der Waals surface area contributed by atoms with Gasteiger partial charge < -0.3 is 35.2 Å². The molecule has 1 aromatic carbocycles. The fourth-order valence-electron chi connectivity index (χ4n) is 5.00. The van der Waals surface area contributed by atoms with Crippen molar-refractivity contribution < 1.29 is 33.6 Å². The monoisotopic (exact) mass is 625 g/mol. The maximum absolute atomic E-state index is 15.3. The number of aromatic nitrogens is 3. The molecule has 1 aliphatic rings. The van der Waals surface area contributed by atoms with E-state index in [-0.39, 0.29) is 26.7 Å². The molecule has 0 aliphatic carbocycles. The van der Waals surface area contributed by atoms with Crippen molar-refractivity contribution in [3.8, 4) is 34.6 Å². The number of phenolic OH excluding ortho intramolecular Hbond substituents is 3. The van der Waals surface area contributed by atoms with Crippen molar-refractivity contribution in [3.05, 3.63) is 34.5 Å². The van der Waals surface area contributed by atoms with E-state index in [1.807, 2.05) is 17.9 Å². The Morgan fingerprint density at radius 1 is 1.18 bits per heavy atom. The SMILES string of the molecule is Bc1c(O)c(F)c(O)c(O)c1-c1nc(Nc2c(CC)nn3cc(F)c(N4CCN(C(=O)OC(C)(C)C)CC4)cc23)sc1C#N. The summed E-state index contributed by atoms with van der Waals surface area (Å²) in [6.45, 7) is 8.73. The molecule has 4 N–H and O–H groups in total. The first-order valence-electron chi connectivity index (χ1n) is 13.8. The van der Waals surface area contributed by atoms with Gasteiger partial charge in [-0.3, -0.25) is 0 Å². The van der Waals surface area contributed by atoms with Crippen molar-refractivity contribution in [2.75, 3.05) is 36.4 Å². The highest BCUT2D eigenvalue weighted by Gasteiger charge is 2.29. The summed E-state index contributed by atoms with van der Waals surface area (Å²) in [5.41, 5.74) is 0.961. The van der Waals surface area contributed by atoms with Crippen molar-refractivity contribution in [2.24, 2.45) is 0 Å². The molecule has 0 spiro atoms. The largest absolute Gasteiger partial charge is 0.505 e. The number of anilines is 3. The smallest absolute Gasteiger partial charge is 0.410 e. The lowest BCUT2D eigenvalue weighted by atomic mass is 9.86. The lowest BCUT2D eigenvalue weighted by Gasteiger charge is -2.36. The predicted octanol–water partition coefficient (Wildman–Crippen LogP) is 3.35. The maximum atomic E-state index is 15.3. The van der Waals surface area contributed by atoms with Gasteiger partial charge in [0.2, 0.25) is 5.82 Å². The molecule has 230 valence electrons. The van der Waals surface area contributed by atoms with Gasteiger partial charge in [0, 0.05) is 31.7 Å². The Morgan fingerprint density at radius 3 is 2.48 bits per heavy atom. The minimum atomic E-state index is -1.39. The molecule has 0 saturated carbocycles. The number of thiazole rings is 1. The summed E-state index contributed by atoms with van der Waals surface area (Å²) in [4.78, 5) is 20.4. The van der Waals surface area contributed by atoms with Gasteiger partial charge >= 0.3 is 6.09 Å². The number of rotatable bonds is 5. The average Bonchev–Trinajstić information content (AvgIpc) is 3.54. The summed E-state index contributed by atoms with van der Waals surface area (Å²) in [5, 5.41) is 48.3. The lowest BCUT2D eigenvalue weighted by Crippen LogP contribution is -2.50. The fraction of sp³-hybridized carbons (Fsp3) is 0.357. The van der Waals surface area contributed by atoms with Crippen LogP contribution in [-0.4, -0.2) is 80.5 Å². The van der Waals surface area contributed by atoms with Crippen LogP contribution in [0.15, 0.2) is 12.3 Å². The molecule has 4 heterocycles. The minimum Gasteiger partial charge on any atom is -0.505 e. The molecule has 0 radical (unpaired) electrons. The molecule has 0 bridgehead atoms. The normalized spacial score (nSPS) is 13.8. The molecule has 0 unspecified atom stereocenters. The number of nitriles is 1. The van der Waals surface area contributed by atoms with Crippen LogP contribution < -0.4 is 15.7 Å². The fourth-order valence-corrected chi connectivity index (χ4v) is 5.77. The zero-order chi connectivity index (χ0) is 32.1. The van der Waals surface area contributed by atoms with Crippen LogP contribution in [0.3, 0.4) is 0 Å². The standard InChI is InChI=1S/C28H30BF2N7O5S/c1-5-14-21(33-26-34-22(17(11-32)44-26)18-19(29)24(40)20(31)25(41)23(18)39)16-10-15(13(30)12-38(16)35-14)36-6-8-37(9-7-36)27(42)43-28(2,3)4/h10,12,39-41H,5-9,29H2,1-4H3,(H,33,34). The number of hydrogen-bond donors (Lipinski definition) is 4. The van der Waals surface area contributed by atoms with E-state index >= 15 is 4.39 Å². The highest BCUT2D eigenvalue weighted by Crippen LogP contribution is 2.43. The highest BCUT2D eigenvalue weighted by molar-refractivity contribution is 7.16. The second-order valence-electron chi connectivity index (χ2n) is 11.3. The highest BCUT2D eigenvalue weighted by atomic mass is 32.1. The van der Waals surface area contributed by atoms with Crippen LogP contribution in [0, 0.1) is 23.0 Å². The third kappa shape index (κ3) is 5.50. The van der Waals surface area contributed by atoms with Crippen molar-refractivity contribution in [1.82, 2.24) is 19.5 Å². The molecule has 5 rings (SSSR count). The zero-order valence-electron chi connectivity index (χ0n) is 24.7. The number of hydrogen-bond acceptors (Lipinski definition) is 11. The van der Waals surface area contributed by atoms with E-state index in [1.165, 1.54) is 18.6 Å². The first kappa shape index (κ1) is 30.7. The Morgan fingerprint density at radius 2 is 1.86 bits per heavy atom. The van der Waals surface area contributed by atoms with E-state index in [0.717, 1.165) is 11.3 Å². The first-order chi connectivity index (χ1) is 20.7. The van der Waals surface area contributed by atoms with E-state index < -0.39 is 40.6 Å². The Hall–Kier alpha value is -4.78. The van der Waals surface area contributed by atoms with Gasteiger partial charge in [0.1, 0.15) is 35.8 Å². The molecule has 3 aromatic heterocycles. The van der Waals surface area contributed by atoms with Gasteiger partial charge in [-0.1, -0.05) is 18.3 Å². The van der Waals surface area contributed by atoms with Crippen LogP contribution in [0.2, 0.25) is 0 Å². The molecular formula is C28H30BF2N7O5S. The number of carbonyl (C=O) groups excluding carboxylic acids is 1. The Balaban J connectivity index is 1.48. The quantitative estimate of drug-likeness (QED) is 0.147. The van der Waals surface area contributed by atoms with Crippen LogP contribution >= 0.6 is 11.3 Å². The van der Waals surface area contributed by atoms with Gasteiger partial charge in [-0.15, -0.1) is 0 Å². The van der Waals surface area contributed by atoms with E-state index in [0.29, 0.717) is 55.2 Å². The number of halogens is 2. The molecule has 1 aliphatic heterocycles. The number of aromatic hydroxyl groups is 3. The average molecular weight is 625 g/mol. The van der Waals surface area contributed by atoms with Crippen LogP contribution in [-0.2, 0) is 11.2 Å². The van der Waals surface area contributed by atoms with Crippen LogP contribution in [0.4, 0.5) is 30.1 Å². The number of amides is 1. The van der Waals surface area contributed by atoms with Crippen molar-refractivity contribution >= 4 is 52.8 Å². The minimum absolute atomic E-state index is 0.0282. The molecule has 0 atom stereocenters. The topological polar surface area (TPSA) is 159 Å². The van der Waals surface area contributed by atoms with Crippen LogP contribution in [0.1, 0.15) is 38.3 Å². The third-order valence-electron chi connectivity index (χ3n) is 7.19. The number of benzene rings is 1. The number of aryl methyl sites for hydroxylation is 1. The van der Waals surface area contributed by atoms with Crippen molar-refractivity contribution in [3.63, 3.8) is 0 Å². The number of pyridine rings is 1. The van der Waals surface area contributed by atoms with Gasteiger partial charge in [-0.2, -0.15) is 14.8 Å². The van der Waals surface area contributed by atoms with Crippen LogP contribution in [0.25, 0.3) is 16.8 Å². The second-order valence-corrected chi connectivity index (χ2v) is 12.3. The molecule has 44 heavy (non-hydrogen) atoms. The predicted molar refractivity (Wildman–Crippen MR) is 163 cm³/mol. The number of carbonyl (C=O) groups is 1. The number of nitrogens with zero attached hydrogens (tertiary/aromatic N) is 6.